The summed E-state index contributed by atoms with van der Waals surface area (Å²) in [5.41, 5.74) is 1.08. The molecule has 0 unspecified atom stereocenters. The maximum absolute atomic E-state index is 12.1. The molecule has 2 fully saturated rings. The molecule has 0 N–H and O–H groups in total. The number of hydrogen-bond donors (Lipinski definition) is 0. The van der Waals surface area contributed by atoms with Gasteiger partial charge in [-0.25, -0.2) is 8.42 Å². The zero-order chi connectivity index (χ0) is 19.6. The third-order valence-corrected chi connectivity index (χ3v) is 6.96. The van der Waals surface area contributed by atoms with E-state index in [9.17, 15) is 8.42 Å². The maximum atomic E-state index is 12.1. The second-order valence-corrected chi connectivity index (χ2v) is 9.67. The highest BCUT2D eigenvalue weighted by Gasteiger charge is 2.35. The van der Waals surface area contributed by atoms with Gasteiger partial charge >= 0.3 is 0 Å². The van der Waals surface area contributed by atoms with Crippen molar-refractivity contribution < 1.29 is 12.8 Å². The molecule has 0 saturated carbocycles. The third kappa shape index (κ3) is 4.42. The van der Waals surface area contributed by atoms with E-state index in [0.29, 0.717) is 18.3 Å². The van der Waals surface area contributed by atoms with Crippen molar-refractivity contribution in [1.82, 2.24) is 24.4 Å². The number of piperidine rings is 2. The van der Waals surface area contributed by atoms with E-state index < -0.39 is 10.0 Å². The molecule has 28 heavy (non-hydrogen) atoms. The Morgan fingerprint density at radius 3 is 2.57 bits per heavy atom. The van der Waals surface area contributed by atoms with Gasteiger partial charge < -0.3 is 4.42 Å². The van der Waals surface area contributed by atoms with Crippen LogP contribution < -0.4 is 0 Å². The largest absolute Gasteiger partial charge is 0.423 e. The first kappa shape index (κ1) is 19.5. The van der Waals surface area contributed by atoms with Gasteiger partial charge in [0, 0.05) is 25.2 Å². The van der Waals surface area contributed by atoms with Crippen LogP contribution in [-0.4, -0.2) is 58.7 Å². The topological polar surface area (TPSA) is 92.4 Å². The van der Waals surface area contributed by atoms with Gasteiger partial charge in [0.25, 0.3) is 0 Å². The molecular weight excluding hydrogens is 378 g/mol. The number of pyridine rings is 1. The summed E-state index contributed by atoms with van der Waals surface area (Å²) < 4.78 is 31.7. The van der Waals surface area contributed by atoms with Gasteiger partial charge in [0.05, 0.1) is 11.9 Å². The average Bonchev–Trinajstić information content (AvgIpc) is 3.19. The maximum Gasteiger partial charge on any atom is 0.234 e. The SMILES string of the molecule is CS(=O)(=O)N1CCCC[C@@H]1c1nnc(C2CCN(Cc3ccccn3)CC2)o1. The number of rotatable bonds is 5. The van der Waals surface area contributed by atoms with Crippen molar-refractivity contribution in [2.45, 2.75) is 50.6 Å². The summed E-state index contributed by atoms with van der Waals surface area (Å²) >= 11 is 0. The van der Waals surface area contributed by atoms with E-state index in [0.717, 1.165) is 57.4 Å². The highest BCUT2D eigenvalue weighted by molar-refractivity contribution is 7.88. The molecule has 0 bridgehead atoms. The van der Waals surface area contributed by atoms with Crippen molar-refractivity contribution in [3.63, 3.8) is 0 Å². The van der Waals surface area contributed by atoms with E-state index in [-0.39, 0.29) is 12.0 Å². The molecule has 2 aromatic rings. The van der Waals surface area contributed by atoms with Gasteiger partial charge in [0.15, 0.2) is 0 Å². The Bertz CT molecular complexity index is 878. The first-order chi connectivity index (χ1) is 13.5. The van der Waals surface area contributed by atoms with Gasteiger partial charge in [-0.1, -0.05) is 12.5 Å². The Morgan fingerprint density at radius 1 is 1.07 bits per heavy atom. The van der Waals surface area contributed by atoms with Crippen LogP contribution in [0.2, 0.25) is 0 Å². The van der Waals surface area contributed by atoms with Gasteiger partial charge in [-0.05, 0) is 50.9 Å². The average molecular weight is 406 g/mol. The fourth-order valence-electron chi connectivity index (χ4n) is 4.15. The standard InChI is InChI=1S/C19H27N5O3S/c1-28(25,26)24-11-5-3-7-17(24)19-22-21-18(27-19)15-8-12-23(13-9-15)14-16-6-2-4-10-20-16/h2,4,6,10,15,17H,3,5,7-9,11-14H2,1H3/t17-/m1/s1. The second-order valence-electron chi connectivity index (χ2n) is 7.74. The lowest BCUT2D eigenvalue weighted by molar-refractivity contribution is 0.182. The predicted molar refractivity (Wildman–Crippen MR) is 104 cm³/mol. The number of hydrogen-bond acceptors (Lipinski definition) is 7. The van der Waals surface area contributed by atoms with Crippen LogP contribution in [0.25, 0.3) is 0 Å². The van der Waals surface area contributed by atoms with E-state index in [1.54, 1.807) is 0 Å². The third-order valence-electron chi connectivity index (χ3n) is 5.67. The monoisotopic (exact) mass is 405 g/mol. The van der Waals surface area contributed by atoms with Crippen molar-refractivity contribution >= 4 is 10.0 Å². The lowest BCUT2D eigenvalue weighted by Crippen LogP contribution is -2.37. The molecule has 2 aromatic heterocycles. The fraction of sp³-hybridized carbons (Fsp3) is 0.632. The van der Waals surface area contributed by atoms with E-state index in [1.165, 1.54) is 10.6 Å². The number of sulfonamides is 1. The van der Waals surface area contributed by atoms with Crippen LogP contribution in [0.4, 0.5) is 0 Å². The predicted octanol–water partition coefficient (Wildman–Crippen LogP) is 2.33. The van der Waals surface area contributed by atoms with Crippen molar-refractivity contribution in [3.05, 3.63) is 41.9 Å². The Kier molecular flexibility index (Phi) is 5.75. The Balaban J connectivity index is 1.38. The highest BCUT2D eigenvalue weighted by atomic mass is 32.2. The van der Waals surface area contributed by atoms with Gasteiger partial charge in [0.2, 0.25) is 21.8 Å². The molecule has 9 heteroatoms. The van der Waals surface area contributed by atoms with E-state index in [2.05, 4.69) is 20.1 Å². The van der Waals surface area contributed by atoms with Crippen molar-refractivity contribution in [2.24, 2.45) is 0 Å². The summed E-state index contributed by atoms with van der Waals surface area (Å²) in [4.78, 5) is 6.79. The number of aromatic nitrogens is 3. The van der Waals surface area contributed by atoms with Crippen LogP contribution in [0.1, 0.15) is 61.5 Å². The van der Waals surface area contributed by atoms with Crippen molar-refractivity contribution in [3.8, 4) is 0 Å². The molecule has 2 saturated heterocycles. The molecule has 8 nitrogen and oxygen atoms in total. The van der Waals surface area contributed by atoms with Crippen LogP contribution in [0.15, 0.2) is 28.8 Å². The minimum absolute atomic E-state index is 0.233. The molecule has 0 spiro atoms. The molecule has 4 rings (SSSR count). The smallest absolute Gasteiger partial charge is 0.234 e. The molecule has 1 atom stereocenters. The number of nitrogens with zero attached hydrogens (tertiary/aromatic N) is 5. The van der Waals surface area contributed by atoms with E-state index >= 15 is 0 Å². The quantitative estimate of drug-likeness (QED) is 0.754. The summed E-state index contributed by atoms with van der Waals surface area (Å²) in [7, 11) is -3.28. The molecule has 2 aliphatic rings. The van der Waals surface area contributed by atoms with Crippen LogP contribution >= 0.6 is 0 Å². The summed E-state index contributed by atoms with van der Waals surface area (Å²) in [6, 6.07) is 5.67. The lowest BCUT2D eigenvalue weighted by atomic mass is 9.97. The summed E-state index contributed by atoms with van der Waals surface area (Å²) in [5, 5.41) is 8.49. The zero-order valence-electron chi connectivity index (χ0n) is 16.2. The van der Waals surface area contributed by atoms with E-state index in [1.807, 2.05) is 24.4 Å². The molecule has 152 valence electrons. The van der Waals surface area contributed by atoms with Crippen LogP contribution in [0.5, 0.6) is 0 Å². The molecule has 2 aliphatic heterocycles. The minimum Gasteiger partial charge on any atom is -0.423 e. The van der Waals surface area contributed by atoms with E-state index in [4.69, 9.17) is 4.42 Å². The minimum atomic E-state index is -3.28. The molecule has 4 heterocycles. The van der Waals surface area contributed by atoms with Gasteiger partial charge in [-0.3, -0.25) is 9.88 Å². The normalized spacial score (nSPS) is 23.1. The Hall–Kier alpha value is -1.84. The molecule has 0 radical (unpaired) electrons. The van der Waals surface area contributed by atoms with Gasteiger partial charge in [-0.15, -0.1) is 10.2 Å². The van der Waals surface area contributed by atoms with Crippen molar-refractivity contribution in [1.29, 1.82) is 0 Å². The first-order valence-electron chi connectivity index (χ1n) is 9.93. The van der Waals surface area contributed by atoms with Crippen molar-refractivity contribution in [2.75, 3.05) is 25.9 Å². The Morgan fingerprint density at radius 2 is 1.86 bits per heavy atom. The van der Waals surface area contributed by atoms with Crippen LogP contribution in [0.3, 0.4) is 0 Å². The fourth-order valence-corrected chi connectivity index (χ4v) is 5.27. The Labute approximate surface area is 166 Å². The lowest BCUT2D eigenvalue weighted by Gasteiger charge is -2.31. The molecular formula is C19H27N5O3S. The summed E-state index contributed by atoms with van der Waals surface area (Å²) in [6.07, 6.45) is 7.56. The molecule has 0 aliphatic carbocycles. The first-order valence-corrected chi connectivity index (χ1v) is 11.8. The second kappa shape index (κ2) is 8.26. The zero-order valence-corrected chi connectivity index (χ0v) is 17.0. The molecule has 0 aromatic carbocycles. The van der Waals surface area contributed by atoms with Gasteiger partial charge in [-0.2, -0.15) is 4.31 Å². The number of likely N-dealkylation sites (tertiary alicyclic amines) is 1. The van der Waals surface area contributed by atoms with Crippen LogP contribution in [0, 0.1) is 0 Å². The van der Waals surface area contributed by atoms with Gasteiger partial charge in [0.1, 0.15) is 6.04 Å². The summed E-state index contributed by atoms with van der Waals surface area (Å²) in [5.74, 6) is 1.32. The molecule has 0 amide bonds. The highest BCUT2D eigenvalue weighted by Crippen LogP contribution is 2.34. The summed E-state index contributed by atoms with van der Waals surface area (Å²) in [6.45, 7) is 3.29. The van der Waals surface area contributed by atoms with Crippen LogP contribution in [-0.2, 0) is 16.6 Å².